The van der Waals surface area contributed by atoms with E-state index in [4.69, 9.17) is 5.73 Å². The Hall–Kier alpha value is -1.50. The minimum absolute atomic E-state index is 0. The van der Waals surface area contributed by atoms with Crippen molar-refractivity contribution in [2.45, 2.75) is 33.2 Å². The Kier molecular flexibility index (Phi) is 7.79. The van der Waals surface area contributed by atoms with Crippen LogP contribution in [0.3, 0.4) is 0 Å². The first-order valence-electron chi connectivity index (χ1n) is 7.61. The SMILES string of the molecule is CSCCC(N)C(=O)Nc1cnn(-c2cc(C)ccc2C)c1C.Cl. The number of anilines is 1. The number of aryl methyl sites for hydroxylation is 2. The number of benzene rings is 1. The van der Waals surface area contributed by atoms with Crippen LogP contribution in [-0.2, 0) is 4.79 Å². The number of rotatable bonds is 6. The molecule has 24 heavy (non-hydrogen) atoms. The van der Waals surface area contributed by atoms with Crippen LogP contribution >= 0.6 is 24.2 Å². The van der Waals surface area contributed by atoms with Gasteiger partial charge in [0.25, 0.3) is 0 Å². The van der Waals surface area contributed by atoms with Crippen LogP contribution < -0.4 is 11.1 Å². The van der Waals surface area contributed by atoms with E-state index in [0.29, 0.717) is 12.1 Å². The lowest BCUT2D eigenvalue weighted by atomic mass is 10.1. The molecule has 3 N–H and O–H groups in total. The lowest BCUT2D eigenvalue weighted by Crippen LogP contribution is -2.36. The number of amides is 1. The summed E-state index contributed by atoms with van der Waals surface area (Å²) in [7, 11) is 0. The van der Waals surface area contributed by atoms with E-state index in [2.05, 4.69) is 35.5 Å². The van der Waals surface area contributed by atoms with E-state index in [1.807, 2.05) is 24.8 Å². The highest BCUT2D eigenvalue weighted by Gasteiger charge is 2.17. The zero-order valence-corrected chi connectivity index (χ0v) is 16.1. The summed E-state index contributed by atoms with van der Waals surface area (Å²) >= 11 is 1.68. The Bertz CT molecular complexity index is 702. The fraction of sp³-hybridized carbons (Fsp3) is 0.412. The number of aromatic nitrogens is 2. The Morgan fingerprint density at radius 3 is 2.75 bits per heavy atom. The highest BCUT2D eigenvalue weighted by Crippen LogP contribution is 2.22. The number of nitrogens with one attached hydrogen (secondary N) is 1. The van der Waals surface area contributed by atoms with Crippen molar-refractivity contribution in [2.75, 3.05) is 17.3 Å². The number of carbonyl (C=O) groups is 1. The molecule has 0 saturated heterocycles. The third kappa shape index (κ3) is 4.75. The molecule has 0 aliphatic carbocycles. The zero-order valence-electron chi connectivity index (χ0n) is 14.5. The quantitative estimate of drug-likeness (QED) is 0.820. The van der Waals surface area contributed by atoms with Crippen molar-refractivity contribution in [1.82, 2.24) is 9.78 Å². The number of nitrogens with zero attached hydrogens (tertiary/aromatic N) is 2. The van der Waals surface area contributed by atoms with E-state index < -0.39 is 6.04 Å². The standard InChI is InChI=1S/C17H24N4OS.ClH/c1-11-5-6-12(2)16(9-11)21-13(3)15(10-19-21)20-17(22)14(18)7-8-23-4;/h5-6,9-10,14H,7-8,18H2,1-4H3,(H,20,22);1H. The van der Waals surface area contributed by atoms with Crippen LogP contribution in [0.1, 0.15) is 23.2 Å². The minimum atomic E-state index is -0.495. The molecule has 132 valence electrons. The van der Waals surface area contributed by atoms with Gasteiger partial charge in [-0.1, -0.05) is 12.1 Å². The molecule has 1 heterocycles. The summed E-state index contributed by atoms with van der Waals surface area (Å²) in [6.07, 6.45) is 4.34. The second-order valence-electron chi connectivity index (χ2n) is 5.72. The minimum Gasteiger partial charge on any atom is -0.322 e. The van der Waals surface area contributed by atoms with Crippen molar-refractivity contribution in [2.24, 2.45) is 5.73 Å². The predicted octanol–water partition coefficient (Wildman–Crippen LogP) is 3.24. The molecule has 0 bridgehead atoms. The summed E-state index contributed by atoms with van der Waals surface area (Å²) in [5.41, 5.74) is 10.8. The molecule has 1 aromatic heterocycles. The molecule has 0 saturated carbocycles. The molecule has 1 amide bonds. The molecule has 5 nitrogen and oxygen atoms in total. The zero-order chi connectivity index (χ0) is 17.0. The van der Waals surface area contributed by atoms with Gasteiger partial charge in [0.2, 0.25) is 5.91 Å². The van der Waals surface area contributed by atoms with Gasteiger partial charge < -0.3 is 11.1 Å². The van der Waals surface area contributed by atoms with Crippen LogP contribution in [0, 0.1) is 20.8 Å². The van der Waals surface area contributed by atoms with Gasteiger partial charge in [0.15, 0.2) is 0 Å². The highest BCUT2D eigenvalue weighted by atomic mass is 35.5. The summed E-state index contributed by atoms with van der Waals surface area (Å²) < 4.78 is 1.85. The van der Waals surface area contributed by atoms with E-state index in [-0.39, 0.29) is 18.3 Å². The molecule has 7 heteroatoms. The van der Waals surface area contributed by atoms with E-state index >= 15 is 0 Å². The van der Waals surface area contributed by atoms with Crippen molar-refractivity contribution in [3.05, 3.63) is 41.2 Å². The first-order valence-corrected chi connectivity index (χ1v) is 9.01. The fourth-order valence-electron chi connectivity index (χ4n) is 2.32. The number of hydrogen-bond acceptors (Lipinski definition) is 4. The van der Waals surface area contributed by atoms with Gasteiger partial charge in [-0.05, 0) is 56.4 Å². The van der Waals surface area contributed by atoms with Crippen LogP contribution in [0.25, 0.3) is 5.69 Å². The summed E-state index contributed by atoms with van der Waals surface area (Å²) in [5, 5.41) is 7.31. The number of halogens is 1. The van der Waals surface area contributed by atoms with Crippen LogP contribution in [0.5, 0.6) is 0 Å². The first-order chi connectivity index (χ1) is 10.9. The van der Waals surface area contributed by atoms with Gasteiger partial charge in [-0.25, -0.2) is 4.68 Å². The average Bonchev–Trinajstić information content (AvgIpc) is 2.88. The van der Waals surface area contributed by atoms with E-state index in [0.717, 1.165) is 22.7 Å². The smallest absolute Gasteiger partial charge is 0.241 e. The van der Waals surface area contributed by atoms with Gasteiger partial charge >= 0.3 is 0 Å². The van der Waals surface area contributed by atoms with Gasteiger partial charge in [-0.3, -0.25) is 4.79 Å². The first kappa shape index (κ1) is 20.5. The summed E-state index contributed by atoms with van der Waals surface area (Å²) in [4.78, 5) is 12.2. The van der Waals surface area contributed by atoms with Crippen molar-refractivity contribution in [1.29, 1.82) is 0 Å². The van der Waals surface area contributed by atoms with Crippen molar-refractivity contribution >= 4 is 35.8 Å². The van der Waals surface area contributed by atoms with Gasteiger partial charge in [0, 0.05) is 0 Å². The number of carbonyl (C=O) groups excluding carboxylic acids is 1. The molecular formula is C17H25ClN4OS. The monoisotopic (exact) mass is 368 g/mol. The third-order valence-electron chi connectivity index (χ3n) is 3.83. The van der Waals surface area contributed by atoms with Crippen molar-refractivity contribution in [3.8, 4) is 5.69 Å². The fourth-order valence-corrected chi connectivity index (χ4v) is 2.81. The molecule has 0 aliphatic rings. The molecule has 2 aromatic rings. The molecular weight excluding hydrogens is 344 g/mol. The summed E-state index contributed by atoms with van der Waals surface area (Å²) in [6.45, 7) is 6.04. The number of nitrogens with two attached hydrogens (primary N) is 1. The molecule has 2 rings (SSSR count). The molecule has 0 spiro atoms. The van der Waals surface area contributed by atoms with Crippen LogP contribution in [0.15, 0.2) is 24.4 Å². The summed E-state index contributed by atoms with van der Waals surface area (Å²) in [6, 6.07) is 5.74. The maximum atomic E-state index is 12.2. The normalized spacial score (nSPS) is 11.7. The maximum Gasteiger partial charge on any atom is 0.241 e. The molecule has 0 aliphatic heterocycles. The van der Waals surface area contributed by atoms with Gasteiger partial charge in [0.05, 0.1) is 29.3 Å². The maximum absolute atomic E-state index is 12.2. The van der Waals surface area contributed by atoms with Crippen LogP contribution in [0.4, 0.5) is 5.69 Å². The van der Waals surface area contributed by atoms with Crippen molar-refractivity contribution < 1.29 is 4.79 Å². The molecule has 1 unspecified atom stereocenters. The average molecular weight is 369 g/mol. The Labute approximate surface area is 153 Å². The van der Waals surface area contributed by atoms with E-state index in [9.17, 15) is 4.79 Å². The second-order valence-corrected chi connectivity index (χ2v) is 6.71. The largest absolute Gasteiger partial charge is 0.322 e. The Morgan fingerprint density at radius 1 is 1.38 bits per heavy atom. The van der Waals surface area contributed by atoms with Crippen LogP contribution in [0.2, 0.25) is 0 Å². The molecule has 0 radical (unpaired) electrons. The molecule has 1 atom stereocenters. The van der Waals surface area contributed by atoms with Gasteiger partial charge in [-0.15, -0.1) is 12.4 Å². The van der Waals surface area contributed by atoms with Crippen LogP contribution in [-0.4, -0.2) is 33.7 Å². The molecule has 0 fully saturated rings. The van der Waals surface area contributed by atoms with Gasteiger partial charge in [0.1, 0.15) is 0 Å². The van der Waals surface area contributed by atoms with Crippen molar-refractivity contribution in [3.63, 3.8) is 0 Å². The van der Waals surface area contributed by atoms with Gasteiger partial charge in [-0.2, -0.15) is 16.9 Å². The highest BCUT2D eigenvalue weighted by molar-refractivity contribution is 7.98. The number of hydrogen-bond donors (Lipinski definition) is 2. The third-order valence-corrected chi connectivity index (χ3v) is 4.47. The lowest BCUT2D eigenvalue weighted by molar-refractivity contribution is -0.117. The van der Waals surface area contributed by atoms with E-state index in [1.54, 1.807) is 18.0 Å². The molecule has 1 aromatic carbocycles. The number of thioether (sulfide) groups is 1. The lowest BCUT2D eigenvalue weighted by Gasteiger charge is -2.12. The topological polar surface area (TPSA) is 72.9 Å². The van der Waals surface area contributed by atoms with E-state index in [1.165, 1.54) is 5.56 Å². The summed E-state index contributed by atoms with van der Waals surface area (Å²) in [5.74, 6) is 0.706. The Morgan fingerprint density at radius 2 is 2.08 bits per heavy atom. The Balaban J connectivity index is 0.00000288. The second kappa shape index (κ2) is 9.11. The predicted molar refractivity (Wildman–Crippen MR) is 105 cm³/mol.